The number of halogens is 2. The van der Waals surface area contributed by atoms with E-state index in [0.29, 0.717) is 11.8 Å². The number of nitrogens with one attached hydrogen (secondary N) is 2. The number of carbonyl (C=O) groups excluding carboxylic acids is 2. The predicted molar refractivity (Wildman–Crippen MR) is 89.2 cm³/mol. The van der Waals surface area contributed by atoms with Crippen molar-refractivity contribution in [3.05, 3.63) is 59.7 Å². The van der Waals surface area contributed by atoms with Crippen LogP contribution >= 0.6 is 0 Å². The molecule has 2 aromatic carbocycles. The summed E-state index contributed by atoms with van der Waals surface area (Å²) < 4.78 is 26.1. The zero-order valence-corrected chi connectivity index (χ0v) is 13.3. The highest BCUT2D eigenvalue weighted by Gasteiger charge is 2.07. The van der Waals surface area contributed by atoms with Gasteiger partial charge in [0.1, 0.15) is 17.8 Å². The highest BCUT2D eigenvalue weighted by Crippen LogP contribution is 2.14. The molecule has 0 radical (unpaired) electrons. The van der Waals surface area contributed by atoms with E-state index in [-0.39, 0.29) is 5.69 Å². The maximum atomic E-state index is 13.4. The van der Waals surface area contributed by atoms with E-state index in [0.717, 1.165) is 23.9 Å². The van der Waals surface area contributed by atoms with Gasteiger partial charge in [0.05, 0.1) is 5.69 Å². The fraction of sp³-hybridized carbons (Fsp3) is 0.118. The molecule has 2 amide bonds. The second-order valence-electron chi connectivity index (χ2n) is 5.04. The van der Waals surface area contributed by atoms with E-state index in [1.165, 1.54) is 0 Å². The molecule has 0 spiro atoms. The van der Waals surface area contributed by atoms with Crippen molar-refractivity contribution in [2.45, 2.75) is 6.92 Å². The Kier molecular flexibility index (Phi) is 6.16. The van der Waals surface area contributed by atoms with Gasteiger partial charge in [0.25, 0.3) is 11.8 Å². The minimum Gasteiger partial charge on any atom is -0.385 e. The molecule has 130 valence electrons. The number of hydrogen-bond acceptors (Lipinski definition) is 4. The van der Waals surface area contributed by atoms with Crippen molar-refractivity contribution in [3.8, 4) is 0 Å². The van der Waals surface area contributed by atoms with Gasteiger partial charge in [-0.3, -0.25) is 9.59 Å². The number of hydrogen-bond donors (Lipinski definition) is 2. The Morgan fingerprint density at radius 3 is 2.52 bits per heavy atom. The molecular formula is C17H15F2N3O3. The summed E-state index contributed by atoms with van der Waals surface area (Å²) in [5, 5.41) is 8.06. The zero-order chi connectivity index (χ0) is 18.2. The molecular weight excluding hydrogens is 332 g/mol. The Balaban J connectivity index is 1.75. The number of anilines is 2. The quantitative estimate of drug-likeness (QED) is 0.623. The number of aryl methyl sites for hydroxylation is 1. The van der Waals surface area contributed by atoms with Crippen molar-refractivity contribution in [1.29, 1.82) is 0 Å². The van der Waals surface area contributed by atoms with Crippen LogP contribution in [0.2, 0.25) is 0 Å². The molecule has 2 aromatic rings. The van der Waals surface area contributed by atoms with Crippen LogP contribution in [0.15, 0.2) is 47.6 Å². The first kappa shape index (κ1) is 18.1. The molecule has 6 nitrogen and oxygen atoms in total. The number of amides is 2. The third-order valence-corrected chi connectivity index (χ3v) is 2.96. The summed E-state index contributed by atoms with van der Waals surface area (Å²) in [6.45, 7) is 1.52. The van der Waals surface area contributed by atoms with Gasteiger partial charge in [0.2, 0.25) is 0 Å². The summed E-state index contributed by atoms with van der Waals surface area (Å²) in [7, 11) is 0. The summed E-state index contributed by atoms with van der Waals surface area (Å²) in [5.74, 6) is -2.91. The summed E-state index contributed by atoms with van der Waals surface area (Å²) in [6.07, 6.45) is 0.738. The van der Waals surface area contributed by atoms with Crippen LogP contribution in [0.5, 0.6) is 0 Å². The van der Waals surface area contributed by atoms with Gasteiger partial charge in [-0.05, 0) is 31.2 Å². The lowest BCUT2D eigenvalue weighted by molar-refractivity contribution is -0.120. The molecule has 25 heavy (non-hydrogen) atoms. The van der Waals surface area contributed by atoms with Crippen LogP contribution in [-0.4, -0.2) is 24.6 Å². The molecule has 0 heterocycles. The Hall–Kier alpha value is -3.29. The first-order valence-electron chi connectivity index (χ1n) is 7.22. The molecule has 2 N–H and O–H groups in total. The largest absolute Gasteiger partial charge is 0.385 e. The minimum absolute atomic E-state index is 0.199. The van der Waals surface area contributed by atoms with Gasteiger partial charge >= 0.3 is 0 Å². The summed E-state index contributed by atoms with van der Waals surface area (Å²) in [5.41, 5.74) is 1.46. The van der Waals surface area contributed by atoms with Crippen molar-refractivity contribution in [2.24, 2.45) is 5.16 Å². The van der Waals surface area contributed by atoms with Crippen LogP contribution < -0.4 is 10.6 Å². The average molecular weight is 347 g/mol. The number of nitrogens with zero attached hydrogens (tertiary/aromatic N) is 1. The predicted octanol–water partition coefficient (Wildman–Crippen LogP) is 2.85. The standard InChI is InChI=1S/C17H15F2N3O3/c1-11-2-5-13(6-3-11)21-17(24)10-25-20-9-16(23)22-15-7-4-12(18)8-14(15)19/h2-9H,10H2,1H3,(H,21,24)(H,22,23). The van der Waals surface area contributed by atoms with E-state index in [1.54, 1.807) is 12.1 Å². The second kappa shape index (κ2) is 8.53. The van der Waals surface area contributed by atoms with Gasteiger partial charge in [-0.25, -0.2) is 8.78 Å². The first-order chi connectivity index (χ1) is 11.9. The van der Waals surface area contributed by atoms with E-state index in [9.17, 15) is 18.4 Å². The smallest absolute Gasteiger partial charge is 0.270 e. The van der Waals surface area contributed by atoms with Crippen molar-refractivity contribution in [3.63, 3.8) is 0 Å². The van der Waals surface area contributed by atoms with Crippen LogP contribution in [0.1, 0.15) is 5.56 Å². The molecule has 0 aliphatic rings. The fourth-order valence-corrected chi connectivity index (χ4v) is 1.77. The van der Waals surface area contributed by atoms with Crippen LogP contribution in [0, 0.1) is 18.6 Å². The van der Waals surface area contributed by atoms with Gasteiger partial charge < -0.3 is 15.5 Å². The summed E-state index contributed by atoms with van der Waals surface area (Å²) in [4.78, 5) is 27.8. The topological polar surface area (TPSA) is 79.8 Å². The first-order valence-corrected chi connectivity index (χ1v) is 7.22. The van der Waals surface area contributed by atoms with Gasteiger partial charge in [-0.1, -0.05) is 22.9 Å². The molecule has 0 saturated heterocycles. The van der Waals surface area contributed by atoms with Crippen LogP contribution in [0.3, 0.4) is 0 Å². The Morgan fingerprint density at radius 1 is 1.12 bits per heavy atom. The average Bonchev–Trinajstić information content (AvgIpc) is 2.56. The number of oxime groups is 1. The van der Waals surface area contributed by atoms with Crippen molar-refractivity contribution < 1.29 is 23.2 Å². The molecule has 2 rings (SSSR count). The van der Waals surface area contributed by atoms with Crippen LogP contribution in [-0.2, 0) is 14.4 Å². The third kappa shape index (κ3) is 6.02. The fourth-order valence-electron chi connectivity index (χ4n) is 1.77. The molecule has 0 saturated carbocycles. The molecule has 0 fully saturated rings. The van der Waals surface area contributed by atoms with Crippen molar-refractivity contribution >= 4 is 29.4 Å². The summed E-state index contributed by atoms with van der Waals surface area (Å²) >= 11 is 0. The van der Waals surface area contributed by atoms with Gasteiger partial charge in [0, 0.05) is 11.8 Å². The Morgan fingerprint density at radius 2 is 1.84 bits per heavy atom. The number of carbonyl (C=O) groups is 2. The Bertz CT molecular complexity index is 792. The van der Waals surface area contributed by atoms with Gasteiger partial charge in [0.15, 0.2) is 6.61 Å². The molecule has 0 aromatic heterocycles. The lowest BCUT2D eigenvalue weighted by Crippen LogP contribution is -2.18. The molecule has 0 bridgehead atoms. The molecule has 8 heteroatoms. The molecule has 0 aliphatic carbocycles. The third-order valence-electron chi connectivity index (χ3n) is 2.96. The van der Waals surface area contributed by atoms with Gasteiger partial charge in [-0.2, -0.15) is 0 Å². The zero-order valence-electron chi connectivity index (χ0n) is 13.3. The monoisotopic (exact) mass is 347 g/mol. The minimum atomic E-state index is -0.917. The number of rotatable bonds is 6. The van der Waals surface area contributed by atoms with E-state index in [1.807, 2.05) is 19.1 Å². The summed E-state index contributed by atoms with van der Waals surface area (Å²) in [6, 6.07) is 9.87. The van der Waals surface area contributed by atoms with Crippen molar-refractivity contribution in [2.75, 3.05) is 17.2 Å². The number of benzene rings is 2. The van der Waals surface area contributed by atoms with E-state index in [2.05, 4.69) is 15.8 Å². The maximum Gasteiger partial charge on any atom is 0.270 e. The van der Waals surface area contributed by atoms with E-state index in [4.69, 9.17) is 4.84 Å². The molecule has 0 atom stereocenters. The maximum absolute atomic E-state index is 13.4. The SMILES string of the molecule is Cc1ccc(NC(=O)CON=CC(=O)Nc2ccc(F)cc2F)cc1. The lowest BCUT2D eigenvalue weighted by atomic mass is 10.2. The van der Waals surface area contributed by atoms with Crippen molar-refractivity contribution in [1.82, 2.24) is 0 Å². The second-order valence-corrected chi connectivity index (χ2v) is 5.04. The lowest BCUT2D eigenvalue weighted by Gasteiger charge is -2.05. The van der Waals surface area contributed by atoms with E-state index >= 15 is 0 Å². The van der Waals surface area contributed by atoms with Crippen LogP contribution in [0.4, 0.5) is 20.2 Å². The highest BCUT2D eigenvalue weighted by atomic mass is 19.1. The van der Waals surface area contributed by atoms with Crippen LogP contribution in [0.25, 0.3) is 0 Å². The highest BCUT2D eigenvalue weighted by molar-refractivity contribution is 6.31. The van der Waals surface area contributed by atoms with Gasteiger partial charge in [-0.15, -0.1) is 0 Å². The Labute approximate surface area is 142 Å². The molecule has 0 unspecified atom stereocenters. The van der Waals surface area contributed by atoms with E-state index < -0.39 is 30.1 Å². The normalized spacial score (nSPS) is 10.5. The molecule has 0 aliphatic heterocycles.